The number of carboxylic acids is 2. The zero-order valence-electron chi connectivity index (χ0n) is 24.6. The molecule has 0 aliphatic rings. The predicted molar refractivity (Wildman–Crippen MR) is 154 cm³/mol. The van der Waals surface area contributed by atoms with Gasteiger partial charge in [-0.3, -0.25) is 0 Å². The Balaban J connectivity index is 0.000000400. The minimum Gasteiger partial charge on any atom is -0.478 e. The Morgan fingerprint density at radius 2 is 1.23 bits per heavy atom. The van der Waals surface area contributed by atoms with Crippen molar-refractivity contribution in [2.24, 2.45) is 11.8 Å². The molecule has 0 saturated carbocycles. The maximum atomic E-state index is 12.0. The Bertz CT molecular complexity index is 1090. The molecule has 0 radical (unpaired) electrons. The van der Waals surface area contributed by atoms with Gasteiger partial charge in [-0.15, -0.1) is 0 Å². The Kier molecular flexibility index (Phi) is 15.3. The maximum absolute atomic E-state index is 12.0. The van der Waals surface area contributed by atoms with Crippen LogP contribution in [-0.2, 0) is 22.3 Å². The average molecular weight is 557 g/mol. The number of carbonyl (C=O) groups excluding carboxylic acids is 2. The van der Waals surface area contributed by atoms with Crippen molar-refractivity contribution in [3.63, 3.8) is 0 Å². The first-order valence-corrected chi connectivity index (χ1v) is 14.0. The third kappa shape index (κ3) is 11.2. The Morgan fingerprint density at radius 3 is 1.62 bits per heavy atom. The van der Waals surface area contributed by atoms with Gasteiger partial charge in [-0.25, -0.2) is 19.2 Å². The molecule has 2 aromatic carbocycles. The number of ether oxygens (including phenoxy) is 2. The van der Waals surface area contributed by atoms with Gasteiger partial charge in [0.15, 0.2) is 0 Å². The summed E-state index contributed by atoms with van der Waals surface area (Å²) in [6.07, 6.45) is 5.50. The first-order chi connectivity index (χ1) is 18.9. The summed E-state index contributed by atoms with van der Waals surface area (Å²) in [4.78, 5) is 46.6. The normalized spacial score (nSPS) is 10.6. The maximum Gasteiger partial charge on any atom is 0.339 e. The summed E-state index contributed by atoms with van der Waals surface area (Å²) < 4.78 is 10.3. The van der Waals surface area contributed by atoms with Crippen LogP contribution in [0.5, 0.6) is 0 Å². The Hall–Kier alpha value is -3.68. The fourth-order valence-corrected chi connectivity index (χ4v) is 3.94. The lowest BCUT2D eigenvalue weighted by molar-refractivity contribution is 0.0412. The highest BCUT2D eigenvalue weighted by Gasteiger charge is 2.22. The minimum atomic E-state index is -1.18. The molecule has 40 heavy (non-hydrogen) atoms. The second kappa shape index (κ2) is 17.8. The average Bonchev–Trinajstić information content (AvgIpc) is 2.92. The van der Waals surface area contributed by atoms with Crippen LogP contribution in [0, 0.1) is 11.8 Å². The molecule has 0 amide bonds. The lowest BCUT2D eigenvalue weighted by Gasteiger charge is -2.14. The van der Waals surface area contributed by atoms with Crippen LogP contribution < -0.4 is 0 Å². The molecule has 2 aromatic rings. The first-order valence-electron chi connectivity index (χ1n) is 14.0. The van der Waals surface area contributed by atoms with Gasteiger partial charge in [0.1, 0.15) is 0 Å². The molecule has 0 bridgehead atoms. The molecule has 0 aromatic heterocycles. The number of rotatable bonds is 14. The van der Waals surface area contributed by atoms with E-state index in [4.69, 9.17) is 14.6 Å². The number of hydrogen-bond donors (Lipinski definition) is 2. The number of aryl methyl sites for hydroxylation is 1. The SMILES string of the molecule is CC(C)COC(=O)c1ccccc1C(=O)OCC(C)C.CCCCCCc1c(CC)ccc(C(=O)O)c1C(=O)O. The van der Waals surface area contributed by atoms with Gasteiger partial charge in [0.25, 0.3) is 0 Å². The number of carboxylic acid groups (broad SMARTS) is 2. The highest BCUT2D eigenvalue weighted by atomic mass is 16.5. The van der Waals surface area contributed by atoms with Gasteiger partial charge in [-0.2, -0.15) is 0 Å². The van der Waals surface area contributed by atoms with Crippen LogP contribution in [0.4, 0.5) is 0 Å². The van der Waals surface area contributed by atoms with E-state index in [0.717, 1.165) is 31.2 Å². The van der Waals surface area contributed by atoms with Crippen molar-refractivity contribution in [1.29, 1.82) is 0 Å². The molecule has 2 rings (SSSR count). The molecular weight excluding hydrogens is 512 g/mol. The summed E-state index contributed by atoms with van der Waals surface area (Å²) in [6, 6.07) is 9.70. The molecule has 8 heteroatoms. The molecule has 0 aliphatic heterocycles. The van der Waals surface area contributed by atoms with Crippen LogP contribution in [0.25, 0.3) is 0 Å². The summed E-state index contributed by atoms with van der Waals surface area (Å²) in [5, 5.41) is 18.5. The van der Waals surface area contributed by atoms with E-state index in [0.29, 0.717) is 31.6 Å². The van der Waals surface area contributed by atoms with Gasteiger partial charge in [0, 0.05) is 0 Å². The molecule has 0 unspecified atom stereocenters. The van der Waals surface area contributed by atoms with Crippen LogP contribution >= 0.6 is 0 Å². The largest absolute Gasteiger partial charge is 0.478 e. The van der Waals surface area contributed by atoms with Crippen molar-refractivity contribution < 1.29 is 38.9 Å². The van der Waals surface area contributed by atoms with Crippen LogP contribution in [0.15, 0.2) is 36.4 Å². The molecule has 0 saturated heterocycles. The van der Waals surface area contributed by atoms with Crippen molar-refractivity contribution in [3.05, 3.63) is 69.8 Å². The summed E-state index contributed by atoms with van der Waals surface area (Å²) in [7, 11) is 0. The lowest BCUT2D eigenvalue weighted by Crippen LogP contribution is -2.17. The highest BCUT2D eigenvalue weighted by Crippen LogP contribution is 2.23. The third-order valence-electron chi connectivity index (χ3n) is 5.98. The Morgan fingerprint density at radius 1 is 0.700 bits per heavy atom. The van der Waals surface area contributed by atoms with Crippen molar-refractivity contribution in [1.82, 2.24) is 0 Å². The van der Waals surface area contributed by atoms with Crippen LogP contribution in [-0.4, -0.2) is 47.3 Å². The van der Waals surface area contributed by atoms with Crippen molar-refractivity contribution in [2.75, 3.05) is 13.2 Å². The van der Waals surface area contributed by atoms with E-state index in [1.807, 2.05) is 34.6 Å². The van der Waals surface area contributed by atoms with Crippen molar-refractivity contribution in [2.45, 2.75) is 80.1 Å². The van der Waals surface area contributed by atoms with Crippen molar-refractivity contribution in [3.8, 4) is 0 Å². The number of aromatic carboxylic acids is 2. The van der Waals surface area contributed by atoms with Gasteiger partial charge in [0.05, 0.1) is 35.5 Å². The first kappa shape index (κ1) is 34.3. The van der Waals surface area contributed by atoms with E-state index >= 15 is 0 Å². The second-order valence-electron chi connectivity index (χ2n) is 10.4. The van der Waals surface area contributed by atoms with E-state index < -0.39 is 23.9 Å². The summed E-state index contributed by atoms with van der Waals surface area (Å²) in [5.41, 5.74) is 1.98. The van der Waals surface area contributed by atoms with Crippen LogP contribution in [0.3, 0.4) is 0 Å². The fourth-order valence-electron chi connectivity index (χ4n) is 3.94. The molecule has 0 fully saturated rings. The van der Waals surface area contributed by atoms with Gasteiger partial charge in [-0.05, 0) is 60.4 Å². The van der Waals surface area contributed by atoms with E-state index in [-0.39, 0.29) is 34.1 Å². The molecule has 220 valence electrons. The summed E-state index contributed by atoms with van der Waals surface area (Å²) in [6.45, 7) is 12.5. The zero-order valence-corrected chi connectivity index (χ0v) is 24.6. The van der Waals surface area contributed by atoms with E-state index in [9.17, 15) is 24.3 Å². The minimum absolute atomic E-state index is 0.0339. The molecule has 0 spiro atoms. The lowest BCUT2D eigenvalue weighted by atomic mass is 9.91. The molecular formula is C32H44O8. The summed E-state index contributed by atoms with van der Waals surface area (Å²) in [5.74, 6) is -2.81. The van der Waals surface area contributed by atoms with E-state index in [1.54, 1.807) is 30.3 Å². The van der Waals surface area contributed by atoms with Gasteiger partial charge < -0.3 is 19.7 Å². The quantitative estimate of drug-likeness (QED) is 0.187. The number of hydrogen-bond acceptors (Lipinski definition) is 6. The topological polar surface area (TPSA) is 127 Å². The highest BCUT2D eigenvalue weighted by molar-refractivity contribution is 6.03. The smallest absolute Gasteiger partial charge is 0.339 e. The standard InChI is InChI=1S/2C16H22O4/c1-11(2)9-19-15(17)13-7-5-6-8-14(13)16(18)20-10-12(3)4;1-3-5-6-7-8-12-11(4-2)9-10-13(15(17)18)14(12)16(19)20/h5-8,11-12H,9-10H2,1-4H3;9-10H,3-8H2,1-2H3,(H,17,18)(H,19,20). The predicted octanol–water partition coefficient (Wildman–Crippen LogP) is 7.08. The van der Waals surface area contributed by atoms with Crippen LogP contribution in [0.1, 0.15) is 120 Å². The number of esters is 2. The summed E-state index contributed by atoms with van der Waals surface area (Å²) >= 11 is 0. The van der Waals surface area contributed by atoms with Gasteiger partial charge >= 0.3 is 23.9 Å². The zero-order chi connectivity index (χ0) is 30.2. The van der Waals surface area contributed by atoms with Crippen LogP contribution in [0.2, 0.25) is 0 Å². The molecule has 2 N–H and O–H groups in total. The molecule has 8 nitrogen and oxygen atoms in total. The molecule has 0 heterocycles. The van der Waals surface area contributed by atoms with Gasteiger partial charge in [0.2, 0.25) is 0 Å². The van der Waals surface area contributed by atoms with E-state index in [1.165, 1.54) is 6.07 Å². The number of benzene rings is 2. The monoisotopic (exact) mass is 556 g/mol. The number of unbranched alkanes of at least 4 members (excludes halogenated alkanes) is 3. The van der Waals surface area contributed by atoms with Crippen molar-refractivity contribution >= 4 is 23.9 Å². The second-order valence-corrected chi connectivity index (χ2v) is 10.4. The number of carbonyl (C=O) groups is 4. The molecule has 0 atom stereocenters. The van der Waals surface area contributed by atoms with E-state index in [2.05, 4.69) is 6.92 Å². The third-order valence-corrected chi connectivity index (χ3v) is 5.98. The fraction of sp³-hybridized carbons (Fsp3) is 0.500. The van der Waals surface area contributed by atoms with Gasteiger partial charge in [-0.1, -0.05) is 79.0 Å². The Labute approximate surface area is 237 Å². The molecule has 0 aliphatic carbocycles.